The van der Waals surface area contributed by atoms with Gasteiger partial charge in [-0.3, -0.25) is 0 Å². The lowest BCUT2D eigenvalue weighted by atomic mass is 10.1. The molecule has 0 aliphatic heterocycles. The van der Waals surface area contributed by atoms with Crippen LogP contribution in [-0.2, 0) is 0 Å². The second kappa shape index (κ2) is 5.45. The fraction of sp³-hybridized carbons (Fsp3) is 0.200. The maximum Gasteiger partial charge on any atom is 0.203 e. The third kappa shape index (κ3) is 2.56. The van der Waals surface area contributed by atoms with E-state index in [-0.39, 0.29) is 11.9 Å². The summed E-state index contributed by atoms with van der Waals surface area (Å²) >= 11 is 0. The van der Waals surface area contributed by atoms with Crippen LogP contribution in [0, 0.1) is 0 Å². The van der Waals surface area contributed by atoms with Crippen LogP contribution in [0.4, 0.5) is 0 Å². The van der Waals surface area contributed by atoms with Crippen LogP contribution in [0.3, 0.4) is 0 Å². The van der Waals surface area contributed by atoms with E-state index in [2.05, 4.69) is 0 Å². The molecule has 0 amide bonds. The minimum absolute atomic E-state index is 0.0789. The molecule has 0 bridgehead atoms. The number of hydrogen-bond acceptors (Lipinski definition) is 3. The molecule has 0 aliphatic carbocycles. The van der Waals surface area contributed by atoms with E-state index in [9.17, 15) is 5.11 Å². The molecule has 0 saturated carbocycles. The number of aromatic hydroxyl groups is 1. The highest BCUT2D eigenvalue weighted by Gasteiger charge is 2.13. The van der Waals surface area contributed by atoms with Gasteiger partial charge in [-0.05, 0) is 24.6 Å². The second-order valence-corrected chi connectivity index (χ2v) is 3.98. The van der Waals surface area contributed by atoms with E-state index >= 15 is 0 Å². The lowest BCUT2D eigenvalue weighted by molar-refractivity contribution is 0.213. The molecule has 1 unspecified atom stereocenters. The number of ether oxygens (including phenoxy) is 2. The molecule has 2 rings (SSSR count). The number of rotatable bonds is 4. The van der Waals surface area contributed by atoms with Crippen molar-refractivity contribution in [1.82, 2.24) is 0 Å². The predicted octanol–water partition coefficient (Wildman–Crippen LogP) is 3.54. The Labute approximate surface area is 107 Å². The molecule has 2 aromatic rings. The Morgan fingerprint density at radius 1 is 1.00 bits per heavy atom. The zero-order valence-corrected chi connectivity index (χ0v) is 10.5. The van der Waals surface area contributed by atoms with Gasteiger partial charge in [0, 0.05) is 0 Å². The van der Waals surface area contributed by atoms with Crippen LogP contribution in [-0.4, -0.2) is 12.2 Å². The number of hydrogen-bond donors (Lipinski definition) is 1. The number of benzene rings is 2. The first kappa shape index (κ1) is 12.3. The van der Waals surface area contributed by atoms with Crippen molar-refractivity contribution < 1.29 is 14.6 Å². The normalized spacial score (nSPS) is 11.9. The molecule has 3 nitrogen and oxygen atoms in total. The molecule has 0 saturated heterocycles. The topological polar surface area (TPSA) is 38.7 Å². The predicted molar refractivity (Wildman–Crippen MR) is 70.1 cm³/mol. The van der Waals surface area contributed by atoms with Gasteiger partial charge in [0.25, 0.3) is 0 Å². The van der Waals surface area contributed by atoms with Crippen molar-refractivity contribution in [1.29, 1.82) is 0 Å². The Balaban J connectivity index is 2.22. The number of methoxy groups -OCH3 is 1. The third-order valence-electron chi connectivity index (χ3n) is 2.73. The largest absolute Gasteiger partial charge is 0.504 e. The van der Waals surface area contributed by atoms with E-state index in [0.29, 0.717) is 11.5 Å². The summed E-state index contributed by atoms with van der Waals surface area (Å²) in [5, 5.41) is 9.67. The molecule has 0 aromatic heterocycles. The molecule has 0 aliphatic rings. The second-order valence-electron chi connectivity index (χ2n) is 3.98. The van der Waals surface area contributed by atoms with Gasteiger partial charge in [-0.25, -0.2) is 0 Å². The lowest BCUT2D eigenvalue weighted by Crippen LogP contribution is -2.03. The van der Waals surface area contributed by atoms with Crippen LogP contribution in [0.2, 0.25) is 0 Å². The summed E-state index contributed by atoms with van der Waals surface area (Å²) in [6, 6.07) is 15.0. The van der Waals surface area contributed by atoms with Gasteiger partial charge in [-0.1, -0.05) is 36.4 Å². The van der Waals surface area contributed by atoms with E-state index in [1.807, 2.05) is 37.3 Å². The van der Waals surface area contributed by atoms with Crippen molar-refractivity contribution in [3.63, 3.8) is 0 Å². The van der Waals surface area contributed by atoms with E-state index in [1.165, 1.54) is 7.11 Å². The van der Waals surface area contributed by atoms with E-state index in [0.717, 1.165) is 5.56 Å². The summed E-state index contributed by atoms with van der Waals surface area (Å²) < 4.78 is 11.0. The average Bonchev–Trinajstić information content (AvgIpc) is 2.40. The van der Waals surface area contributed by atoms with Crippen LogP contribution >= 0.6 is 0 Å². The average molecular weight is 244 g/mol. The van der Waals surface area contributed by atoms with Gasteiger partial charge in [-0.15, -0.1) is 0 Å². The van der Waals surface area contributed by atoms with Crippen LogP contribution in [0.15, 0.2) is 48.5 Å². The summed E-state index contributed by atoms with van der Waals surface area (Å²) in [7, 11) is 1.51. The first-order valence-electron chi connectivity index (χ1n) is 5.80. The van der Waals surface area contributed by atoms with Crippen molar-refractivity contribution in [2.45, 2.75) is 13.0 Å². The molecular weight excluding hydrogens is 228 g/mol. The minimum atomic E-state index is -0.109. The van der Waals surface area contributed by atoms with Gasteiger partial charge in [0.15, 0.2) is 11.5 Å². The molecule has 1 N–H and O–H groups in total. The van der Waals surface area contributed by atoms with Gasteiger partial charge in [-0.2, -0.15) is 0 Å². The van der Waals surface area contributed by atoms with Crippen molar-refractivity contribution in [2.75, 3.05) is 7.11 Å². The molecule has 0 heterocycles. The maximum atomic E-state index is 9.67. The Morgan fingerprint density at radius 3 is 2.39 bits per heavy atom. The molecule has 2 aromatic carbocycles. The summed E-state index contributed by atoms with van der Waals surface area (Å²) in [6.07, 6.45) is -0.109. The molecule has 0 fully saturated rings. The quantitative estimate of drug-likeness (QED) is 0.894. The lowest BCUT2D eigenvalue weighted by Gasteiger charge is -2.17. The van der Waals surface area contributed by atoms with Gasteiger partial charge in [0.1, 0.15) is 6.10 Å². The van der Waals surface area contributed by atoms with Crippen molar-refractivity contribution in [3.05, 3.63) is 54.1 Å². The molecule has 0 spiro atoms. The summed E-state index contributed by atoms with van der Waals surface area (Å²) in [4.78, 5) is 0. The molecule has 3 heteroatoms. The van der Waals surface area contributed by atoms with Crippen LogP contribution in [0.5, 0.6) is 17.2 Å². The van der Waals surface area contributed by atoms with Crippen LogP contribution < -0.4 is 9.47 Å². The highest BCUT2D eigenvalue weighted by molar-refractivity contribution is 5.50. The molecule has 94 valence electrons. The summed E-state index contributed by atoms with van der Waals surface area (Å²) in [6.45, 7) is 1.96. The standard InChI is InChI=1S/C15H16O3/c1-11(12-7-4-3-5-8-12)18-14-10-6-9-13(16)15(14)17-2/h3-11,16H,1-2H3. The Morgan fingerprint density at radius 2 is 1.72 bits per heavy atom. The van der Waals surface area contributed by atoms with E-state index in [4.69, 9.17) is 9.47 Å². The van der Waals surface area contributed by atoms with Gasteiger partial charge >= 0.3 is 0 Å². The van der Waals surface area contributed by atoms with Crippen molar-refractivity contribution >= 4 is 0 Å². The number of phenolic OH excluding ortho intramolecular Hbond substituents is 1. The SMILES string of the molecule is COc1c(O)cccc1OC(C)c1ccccc1. The maximum absolute atomic E-state index is 9.67. The Bertz CT molecular complexity index is 508. The number of para-hydroxylation sites is 1. The molecular formula is C15H16O3. The highest BCUT2D eigenvalue weighted by atomic mass is 16.5. The fourth-order valence-electron chi connectivity index (χ4n) is 1.78. The molecule has 0 radical (unpaired) electrons. The van der Waals surface area contributed by atoms with E-state index < -0.39 is 0 Å². The fourth-order valence-corrected chi connectivity index (χ4v) is 1.78. The summed E-state index contributed by atoms with van der Waals surface area (Å²) in [5.74, 6) is 0.976. The first-order valence-corrected chi connectivity index (χ1v) is 5.80. The van der Waals surface area contributed by atoms with E-state index in [1.54, 1.807) is 18.2 Å². The van der Waals surface area contributed by atoms with Gasteiger partial charge < -0.3 is 14.6 Å². The van der Waals surface area contributed by atoms with Gasteiger partial charge in [0.2, 0.25) is 5.75 Å². The minimum Gasteiger partial charge on any atom is -0.504 e. The molecule has 18 heavy (non-hydrogen) atoms. The smallest absolute Gasteiger partial charge is 0.203 e. The monoisotopic (exact) mass is 244 g/mol. The van der Waals surface area contributed by atoms with Crippen molar-refractivity contribution in [2.24, 2.45) is 0 Å². The van der Waals surface area contributed by atoms with Crippen LogP contribution in [0.1, 0.15) is 18.6 Å². The van der Waals surface area contributed by atoms with Gasteiger partial charge in [0.05, 0.1) is 7.11 Å². The summed E-state index contributed by atoms with van der Waals surface area (Å²) in [5.41, 5.74) is 1.07. The highest BCUT2D eigenvalue weighted by Crippen LogP contribution is 2.37. The zero-order chi connectivity index (χ0) is 13.0. The number of phenols is 1. The van der Waals surface area contributed by atoms with Crippen LogP contribution in [0.25, 0.3) is 0 Å². The molecule has 1 atom stereocenters. The zero-order valence-electron chi connectivity index (χ0n) is 10.5. The first-order chi connectivity index (χ1) is 8.72. The van der Waals surface area contributed by atoms with Crippen molar-refractivity contribution in [3.8, 4) is 17.2 Å². The third-order valence-corrected chi connectivity index (χ3v) is 2.73. The Hall–Kier alpha value is -2.16. The Kier molecular flexibility index (Phi) is 3.72.